The van der Waals surface area contributed by atoms with Gasteiger partial charge in [-0.25, -0.2) is 4.39 Å². The molecule has 0 aliphatic carbocycles. The van der Waals surface area contributed by atoms with Crippen molar-refractivity contribution in [2.24, 2.45) is 0 Å². The Labute approximate surface area is 149 Å². The highest BCUT2D eigenvalue weighted by Gasteiger charge is 2.34. The van der Waals surface area contributed by atoms with Gasteiger partial charge >= 0.3 is 0 Å². The smallest absolute Gasteiger partial charge is 0.293 e. The average molecular weight is 356 g/mol. The Balaban J connectivity index is 1.99. The summed E-state index contributed by atoms with van der Waals surface area (Å²) in [6.07, 6.45) is 3.26. The van der Waals surface area contributed by atoms with Crippen LogP contribution < -0.4 is 0 Å². The number of rotatable bonds is 4. The summed E-state index contributed by atoms with van der Waals surface area (Å²) in [5, 5.41) is -0.288. The number of hydrogen-bond acceptors (Lipinski definition) is 3. The van der Waals surface area contributed by atoms with E-state index in [1.165, 1.54) is 23.1 Å². The number of aryl methyl sites for hydroxylation is 1. The normalized spacial score (nSPS) is 16.1. The fraction of sp³-hybridized carbons (Fsp3) is 0.158. The third-order valence-corrected chi connectivity index (χ3v) is 4.93. The van der Waals surface area contributed by atoms with E-state index in [1.54, 1.807) is 18.2 Å². The molecule has 6 heteroatoms. The van der Waals surface area contributed by atoms with Gasteiger partial charge in [-0.15, -0.1) is 6.58 Å². The molecule has 0 N–H and O–H groups in total. The Hall–Kier alpha value is -2.60. The standard InChI is InChI=1S/C19H17FN2O2S/c1-4-9-21-18(23)17(25-19(21)24)11-14-10-12(2)22(13(14)3)16-7-5-15(20)6-8-16/h4-8,10-11H,1,9H2,2-3H3/b17-11-. The number of thioether (sulfide) groups is 1. The van der Waals surface area contributed by atoms with Crippen molar-refractivity contribution in [3.8, 4) is 5.69 Å². The number of hydrogen-bond donors (Lipinski definition) is 0. The van der Waals surface area contributed by atoms with Gasteiger partial charge in [-0.3, -0.25) is 14.5 Å². The quantitative estimate of drug-likeness (QED) is 0.600. The van der Waals surface area contributed by atoms with E-state index >= 15 is 0 Å². The second-order valence-electron chi connectivity index (χ2n) is 5.72. The summed E-state index contributed by atoms with van der Waals surface area (Å²) in [6.45, 7) is 7.64. The first kappa shape index (κ1) is 17.2. The van der Waals surface area contributed by atoms with Crippen molar-refractivity contribution in [3.63, 3.8) is 0 Å². The lowest BCUT2D eigenvalue weighted by molar-refractivity contribution is -0.122. The van der Waals surface area contributed by atoms with Gasteiger partial charge in [0.05, 0.1) is 4.91 Å². The molecule has 128 valence electrons. The van der Waals surface area contributed by atoms with Crippen molar-refractivity contribution in [2.45, 2.75) is 13.8 Å². The molecule has 1 aromatic heterocycles. The SMILES string of the molecule is C=CCN1C(=O)S/C(=C\c2cc(C)n(-c3ccc(F)cc3)c2C)C1=O. The molecule has 25 heavy (non-hydrogen) atoms. The molecule has 1 fully saturated rings. The van der Waals surface area contributed by atoms with Crippen LogP contribution in [0.5, 0.6) is 0 Å². The average Bonchev–Trinajstić information content (AvgIpc) is 3.00. The molecular formula is C19H17FN2O2S. The number of imide groups is 1. The Morgan fingerprint density at radius 2 is 1.88 bits per heavy atom. The third-order valence-electron chi connectivity index (χ3n) is 4.03. The van der Waals surface area contributed by atoms with Crippen LogP contribution in [0.15, 0.2) is 47.9 Å². The van der Waals surface area contributed by atoms with Gasteiger partial charge in [0.15, 0.2) is 0 Å². The predicted octanol–water partition coefficient (Wildman–Crippen LogP) is 4.46. The van der Waals surface area contributed by atoms with E-state index in [0.717, 1.165) is 34.4 Å². The lowest BCUT2D eigenvalue weighted by atomic mass is 10.2. The molecule has 1 aliphatic rings. The van der Waals surface area contributed by atoms with Crippen LogP contribution in [-0.2, 0) is 4.79 Å². The molecule has 0 saturated carbocycles. The van der Waals surface area contributed by atoms with Gasteiger partial charge in [-0.05, 0) is 67.6 Å². The minimum absolute atomic E-state index is 0.205. The predicted molar refractivity (Wildman–Crippen MR) is 98.1 cm³/mol. The largest absolute Gasteiger partial charge is 0.318 e. The number of carbonyl (C=O) groups excluding carboxylic acids is 2. The first-order valence-electron chi connectivity index (χ1n) is 7.73. The van der Waals surface area contributed by atoms with Crippen LogP contribution in [0.25, 0.3) is 11.8 Å². The summed E-state index contributed by atoms with van der Waals surface area (Å²) in [7, 11) is 0. The molecule has 0 spiro atoms. The van der Waals surface area contributed by atoms with E-state index in [4.69, 9.17) is 0 Å². The van der Waals surface area contributed by atoms with Crippen LogP contribution in [-0.4, -0.2) is 27.2 Å². The molecule has 2 heterocycles. The molecule has 2 amide bonds. The van der Waals surface area contributed by atoms with Gasteiger partial charge < -0.3 is 4.57 Å². The van der Waals surface area contributed by atoms with Crippen LogP contribution in [0.3, 0.4) is 0 Å². The number of amides is 2. The number of aromatic nitrogens is 1. The monoisotopic (exact) mass is 356 g/mol. The summed E-state index contributed by atoms with van der Waals surface area (Å²) in [6, 6.07) is 8.18. The van der Waals surface area contributed by atoms with Crippen molar-refractivity contribution >= 4 is 29.0 Å². The number of carbonyl (C=O) groups is 2. The highest BCUT2D eigenvalue weighted by molar-refractivity contribution is 8.18. The van der Waals surface area contributed by atoms with Gasteiger partial charge in [0.1, 0.15) is 5.82 Å². The topological polar surface area (TPSA) is 42.3 Å². The van der Waals surface area contributed by atoms with E-state index in [1.807, 2.05) is 24.5 Å². The Morgan fingerprint density at radius 1 is 1.20 bits per heavy atom. The maximum Gasteiger partial charge on any atom is 0.293 e. The molecule has 0 bridgehead atoms. The lowest BCUT2D eigenvalue weighted by Crippen LogP contribution is -2.27. The zero-order chi connectivity index (χ0) is 18.1. The van der Waals surface area contributed by atoms with Gasteiger partial charge in [-0.2, -0.15) is 0 Å². The molecule has 0 radical (unpaired) electrons. The molecule has 0 unspecified atom stereocenters. The molecule has 3 rings (SSSR count). The lowest BCUT2D eigenvalue weighted by Gasteiger charge is -2.09. The van der Waals surface area contributed by atoms with E-state index in [-0.39, 0.29) is 23.5 Å². The fourth-order valence-electron chi connectivity index (χ4n) is 2.85. The third kappa shape index (κ3) is 3.17. The Bertz CT molecular complexity index is 897. The Morgan fingerprint density at radius 3 is 2.52 bits per heavy atom. The zero-order valence-corrected chi connectivity index (χ0v) is 14.8. The first-order chi connectivity index (χ1) is 11.9. The number of nitrogens with zero attached hydrogens (tertiary/aromatic N) is 2. The molecule has 1 saturated heterocycles. The van der Waals surface area contributed by atoms with Crippen LogP contribution in [0.2, 0.25) is 0 Å². The number of benzene rings is 1. The molecular weight excluding hydrogens is 339 g/mol. The van der Waals surface area contributed by atoms with Crippen LogP contribution in [0.4, 0.5) is 9.18 Å². The second kappa shape index (κ2) is 6.72. The molecule has 0 atom stereocenters. The van der Waals surface area contributed by atoms with E-state index in [0.29, 0.717) is 4.91 Å². The summed E-state index contributed by atoms with van der Waals surface area (Å²) in [4.78, 5) is 25.8. The second-order valence-corrected chi connectivity index (χ2v) is 6.71. The van der Waals surface area contributed by atoms with Crippen LogP contribution >= 0.6 is 11.8 Å². The van der Waals surface area contributed by atoms with Crippen molar-refractivity contribution in [1.29, 1.82) is 0 Å². The molecule has 1 aliphatic heterocycles. The summed E-state index contributed by atoms with van der Waals surface area (Å²) < 4.78 is 15.1. The van der Waals surface area contributed by atoms with Crippen molar-refractivity contribution in [3.05, 3.63) is 70.7 Å². The van der Waals surface area contributed by atoms with Crippen LogP contribution in [0.1, 0.15) is 17.0 Å². The summed E-state index contributed by atoms with van der Waals surface area (Å²) in [5.41, 5.74) is 3.57. The van der Waals surface area contributed by atoms with Crippen molar-refractivity contribution < 1.29 is 14.0 Å². The van der Waals surface area contributed by atoms with E-state index in [2.05, 4.69) is 6.58 Å². The van der Waals surface area contributed by atoms with E-state index < -0.39 is 0 Å². The van der Waals surface area contributed by atoms with E-state index in [9.17, 15) is 14.0 Å². The summed E-state index contributed by atoms with van der Waals surface area (Å²) in [5.74, 6) is -0.594. The molecule has 4 nitrogen and oxygen atoms in total. The first-order valence-corrected chi connectivity index (χ1v) is 8.55. The summed E-state index contributed by atoms with van der Waals surface area (Å²) >= 11 is 0.930. The minimum atomic E-state index is -0.304. The van der Waals surface area contributed by atoms with Crippen molar-refractivity contribution in [1.82, 2.24) is 9.47 Å². The van der Waals surface area contributed by atoms with Gasteiger partial charge in [0.25, 0.3) is 11.1 Å². The highest BCUT2D eigenvalue weighted by Crippen LogP contribution is 2.33. The fourth-order valence-corrected chi connectivity index (χ4v) is 3.69. The molecule has 2 aromatic rings. The van der Waals surface area contributed by atoms with Gasteiger partial charge in [0.2, 0.25) is 0 Å². The number of halogens is 1. The highest BCUT2D eigenvalue weighted by atomic mass is 32.2. The Kier molecular flexibility index (Phi) is 4.63. The minimum Gasteiger partial charge on any atom is -0.318 e. The van der Waals surface area contributed by atoms with Crippen molar-refractivity contribution in [2.75, 3.05) is 6.54 Å². The van der Waals surface area contributed by atoms with Crippen LogP contribution in [0, 0.1) is 19.7 Å². The van der Waals surface area contributed by atoms with Gasteiger partial charge in [-0.1, -0.05) is 6.08 Å². The zero-order valence-electron chi connectivity index (χ0n) is 14.0. The van der Waals surface area contributed by atoms with Gasteiger partial charge in [0, 0.05) is 23.6 Å². The maximum atomic E-state index is 13.2. The maximum absolute atomic E-state index is 13.2. The molecule has 1 aromatic carbocycles.